The Labute approximate surface area is 204 Å². The number of aliphatic carboxylic acids is 1. The molecule has 0 aliphatic carbocycles. The summed E-state index contributed by atoms with van der Waals surface area (Å²) in [5.74, 6) is -0.0469. The number of benzene rings is 1. The van der Waals surface area contributed by atoms with E-state index in [9.17, 15) is 9.90 Å². The van der Waals surface area contributed by atoms with Crippen LogP contribution in [-0.4, -0.2) is 33.3 Å². The molecule has 4 atom stereocenters. The molecule has 1 heterocycles. The lowest BCUT2D eigenvalue weighted by Gasteiger charge is -2.28. The molecule has 4 N–H and O–H groups in total. The van der Waals surface area contributed by atoms with Gasteiger partial charge in [-0.25, -0.2) is 0 Å². The molecular formula is C28H42N2O4. The number of hydrogen-bond acceptors (Lipinski definition) is 5. The minimum atomic E-state index is -0.912. The van der Waals surface area contributed by atoms with Crippen LogP contribution in [0.4, 0.5) is 0 Å². The van der Waals surface area contributed by atoms with Crippen molar-refractivity contribution < 1.29 is 19.7 Å². The molecule has 0 amide bonds. The lowest BCUT2D eigenvalue weighted by Crippen LogP contribution is -2.39. The Bertz CT molecular complexity index is 908. The van der Waals surface area contributed by atoms with Gasteiger partial charge >= 0.3 is 5.97 Å². The molecular weight excluding hydrogens is 428 g/mol. The quantitative estimate of drug-likeness (QED) is 0.405. The molecule has 188 valence electrons. The first-order valence-corrected chi connectivity index (χ1v) is 12.2. The molecule has 2 aromatic rings. The number of carbonyl (C=O) groups is 1. The van der Waals surface area contributed by atoms with E-state index in [1.807, 2.05) is 12.1 Å². The number of aliphatic hydroxyl groups excluding tert-OH is 1. The van der Waals surface area contributed by atoms with Crippen LogP contribution in [-0.2, 0) is 23.2 Å². The van der Waals surface area contributed by atoms with Crippen LogP contribution in [0.3, 0.4) is 0 Å². The predicted octanol–water partition coefficient (Wildman–Crippen LogP) is 4.96. The zero-order chi connectivity index (χ0) is 25.5. The topological polar surface area (TPSA) is 106 Å². The largest absolute Gasteiger partial charge is 0.489 e. The van der Waals surface area contributed by atoms with Crippen LogP contribution in [0.25, 0.3) is 0 Å². The summed E-state index contributed by atoms with van der Waals surface area (Å²) in [5, 5.41) is 19.6. The molecule has 0 fully saturated rings. The summed E-state index contributed by atoms with van der Waals surface area (Å²) in [6, 6.07) is 9.87. The first-order chi connectivity index (χ1) is 15.9. The van der Waals surface area contributed by atoms with E-state index in [0.29, 0.717) is 18.9 Å². The maximum absolute atomic E-state index is 11.1. The number of nitrogens with two attached hydrogens (primary N) is 1. The Morgan fingerprint density at radius 3 is 2.26 bits per heavy atom. The van der Waals surface area contributed by atoms with E-state index >= 15 is 0 Å². The van der Waals surface area contributed by atoms with Crippen LogP contribution >= 0.6 is 0 Å². The zero-order valence-corrected chi connectivity index (χ0v) is 21.5. The van der Waals surface area contributed by atoms with Gasteiger partial charge in [0.2, 0.25) is 0 Å². The van der Waals surface area contributed by atoms with E-state index in [-0.39, 0.29) is 17.8 Å². The van der Waals surface area contributed by atoms with Crippen molar-refractivity contribution in [3.05, 3.63) is 59.4 Å². The number of aromatic nitrogens is 1. The maximum Gasteiger partial charge on any atom is 0.306 e. The average molecular weight is 471 g/mol. The third-order valence-corrected chi connectivity index (χ3v) is 6.52. The van der Waals surface area contributed by atoms with Crippen LogP contribution in [0.5, 0.6) is 5.75 Å². The molecule has 6 nitrogen and oxygen atoms in total. The predicted molar refractivity (Wildman–Crippen MR) is 136 cm³/mol. The second-order valence-electron chi connectivity index (χ2n) is 10.9. The molecule has 0 bridgehead atoms. The second-order valence-corrected chi connectivity index (χ2v) is 10.9. The van der Waals surface area contributed by atoms with Crippen molar-refractivity contribution in [2.75, 3.05) is 0 Å². The Hall–Kier alpha value is -2.44. The number of nitrogens with zero attached hydrogens (tertiary/aromatic N) is 1. The fourth-order valence-corrected chi connectivity index (χ4v) is 4.11. The highest BCUT2D eigenvalue weighted by molar-refractivity contribution is 5.69. The number of rotatable bonds is 12. The first-order valence-electron chi connectivity index (χ1n) is 12.2. The van der Waals surface area contributed by atoms with Gasteiger partial charge < -0.3 is 20.7 Å². The van der Waals surface area contributed by atoms with Crippen molar-refractivity contribution in [2.45, 2.75) is 85.0 Å². The number of carboxylic acid groups (broad SMARTS) is 1. The van der Waals surface area contributed by atoms with Crippen LogP contribution in [0.2, 0.25) is 0 Å². The zero-order valence-electron chi connectivity index (χ0n) is 21.5. The van der Waals surface area contributed by atoms with Gasteiger partial charge in [0.05, 0.1) is 12.0 Å². The molecule has 0 radical (unpaired) electrons. The van der Waals surface area contributed by atoms with Crippen molar-refractivity contribution in [1.29, 1.82) is 0 Å². The molecule has 0 aliphatic rings. The molecule has 4 unspecified atom stereocenters. The first kappa shape index (κ1) is 27.8. The minimum Gasteiger partial charge on any atom is -0.489 e. The van der Waals surface area contributed by atoms with E-state index in [2.05, 4.69) is 57.8 Å². The molecule has 2 rings (SSSR count). The Balaban J connectivity index is 2.17. The second kappa shape index (κ2) is 12.3. The van der Waals surface area contributed by atoms with E-state index in [0.717, 1.165) is 28.9 Å². The minimum absolute atomic E-state index is 0.0587. The van der Waals surface area contributed by atoms with E-state index in [1.165, 1.54) is 0 Å². The summed E-state index contributed by atoms with van der Waals surface area (Å²) >= 11 is 0. The van der Waals surface area contributed by atoms with Gasteiger partial charge in [-0.15, -0.1) is 0 Å². The number of hydrogen-bond donors (Lipinski definition) is 3. The highest BCUT2D eigenvalue weighted by atomic mass is 16.5. The van der Waals surface area contributed by atoms with Crippen molar-refractivity contribution in [3.8, 4) is 5.75 Å². The third-order valence-electron chi connectivity index (χ3n) is 6.52. The third kappa shape index (κ3) is 8.41. The monoisotopic (exact) mass is 470 g/mol. The molecule has 34 heavy (non-hydrogen) atoms. The summed E-state index contributed by atoms with van der Waals surface area (Å²) in [5.41, 5.74) is 9.63. The Kier molecular flexibility index (Phi) is 10.1. The average Bonchev–Trinajstić information content (AvgIpc) is 2.76. The molecule has 0 saturated heterocycles. The fourth-order valence-electron chi connectivity index (χ4n) is 4.11. The standard InChI is InChI=1S/C28H42N2O4/c1-18(2)22(16-24(29)25(31)13-19(3)27(32)33)14-21-7-8-23(28(4,5)6)26(15-21)34-17-20-9-11-30-12-10-20/h7-12,15,18-19,22,24-25,31H,13-14,16-17,29H2,1-6H3,(H,32,33). The number of carboxylic acids is 1. The lowest BCUT2D eigenvalue weighted by molar-refractivity contribution is -0.142. The summed E-state index contributed by atoms with van der Waals surface area (Å²) in [7, 11) is 0. The van der Waals surface area contributed by atoms with Crippen molar-refractivity contribution in [3.63, 3.8) is 0 Å². The summed E-state index contributed by atoms with van der Waals surface area (Å²) in [4.78, 5) is 15.2. The normalized spacial score (nSPS) is 15.6. The molecule has 0 aliphatic heterocycles. The smallest absolute Gasteiger partial charge is 0.306 e. The molecule has 6 heteroatoms. The van der Waals surface area contributed by atoms with Gasteiger partial charge in [0.25, 0.3) is 0 Å². The Morgan fingerprint density at radius 1 is 1.06 bits per heavy atom. The highest BCUT2D eigenvalue weighted by Crippen LogP contribution is 2.34. The molecule has 1 aromatic heterocycles. The molecule has 0 spiro atoms. The lowest BCUT2D eigenvalue weighted by atomic mass is 9.81. The van der Waals surface area contributed by atoms with Crippen LogP contribution in [0, 0.1) is 17.8 Å². The summed E-state index contributed by atoms with van der Waals surface area (Å²) < 4.78 is 6.27. The summed E-state index contributed by atoms with van der Waals surface area (Å²) in [6.45, 7) is 12.9. The van der Waals surface area contributed by atoms with Gasteiger partial charge in [0.1, 0.15) is 12.4 Å². The number of pyridine rings is 1. The van der Waals surface area contributed by atoms with E-state index in [4.69, 9.17) is 15.6 Å². The van der Waals surface area contributed by atoms with Crippen molar-refractivity contribution in [2.24, 2.45) is 23.5 Å². The SMILES string of the molecule is CC(CC(O)C(N)CC(Cc1ccc(C(C)(C)C)c(OCc2ccncc2)c1)C(C)C)C(=O)O. The van der Waals surface area contributed by atoms with Crippen LogP contribution < -0.4 is 10.5 Å². The van der Waals surface area contributed by atoms with Crippen LogP contribution in [0.1, 0.15) is 71.1 Å². The van der Waals surface area contributed by atoms with Gasteiger partial charge in [0, 0.05) is 18.4 Å². The highest BCUT2D eigenvalue weighted by Gasteiger charge is 2.26. The Morgan fingerprint density at radius 2 is 1.71 bits per heavy atom. The molecule has 0 saturated carbocycles. The van der Waals surface area contributed by atoms with Gasteiger partial charge in [-0.3, -0.25) is 9.78 Å². The fraction of sp³-hybridized carbons (Fsp3) is 0.571. The number of ether oxygens (including phenoxy) is 1. The van der Waals surface area contributed by atoms with E-state index < -0.39 is 24.0 Å². The van der Waals surface area contributed by atoms with Crippen LogP contribution in [0.15, 0.2) is 42.7 Å². The number of aliphatic hydroxyl groups is 1. The van der Waals surface area contributed by atoms with Gasteiger partial charge in [0.15, 0.2) is 0 Å². The van der Waals surface area contributed by atoms with Gasteiger partial charge in [-0.2, -0.15) is 0 Å². The maximum atomic E-state index is 11.1. The van der Waals surface area contributed by atoms with Crippen molar-refractivity contribution in [1.82, 2.24) is 4.98 Å². The summed E-state index contributed by atoms with van der Waals surface area (Å²) in [6.07, 6.45) is 4.29. The van der Waals surface area contributed by atoms with Gasteiger partial charge in [-0.05, 0) is 71.4 Å². The molecule has 1 aromatic carbocycles. The van der Waals surface area contributed by atoms with E-state index in [1.54, 1.807) is 19.3 Å². The van der Waals surface area contributed by atoms with Crippen molar-refractivity contribution >= 4 is 5.97 Å². The van der Waals surface area contributed by atoms with Gasteiger partial charge in [-0.1, -0.05) is 53.7 Å².